The van der Waals surface area contributed by atoms with Gasteiger partial charge in [-0.2, -0.15) is 0 Å². The van der Waals surface area contributed by atoms with Gasteiger partial charge in [-0.1, -0.05) is 12.1 Å². The number of carbonyl (C=O) groups is 2. The number of nitrogens with one attached hydrogen (secondary N) is 1. The van der Waals surface area contributed by atoms with Crippen molar-refractivity contribution in [2.24, 2.45) is 0 Å². The van der Waals surface area contributed by atoms with Crippen LogP contribution in [0.1, 0.15) is 25.0 Å². The van der Waals surface area contributed by atoms with E-state index in [1.165, 1.54) is 25.1 Å². The lowest BCUT2D eigenvalue weighted by molar-refractivity contribution is -0.384. The van der Waals surface area contributed by atoms with Crippen molar-refractivity contribution in [3.05, 3.63) is 67.8 Å². The zero-order valence-electron chi connectivity index (χ0n) is 16.2. The Bertz CT molecular complexity index is 1000. The number of nitrogens with zero attached hydrogens (tertiary/aromatic N) is 1. The minimum atomic E-state index is -1.29. The van der Waals surface area contributed by atoms with Crippen molar-refractivity contribution in [1.29, 1.82) is 0 Å². The molecular formula is C20H19BrN2O7. The number of aliphatic carboxylic acids is 1. The second kappa shape index (κ2) is 10.4. The summed E-state index contributed by atoms with van der Waals surface area (Å²) in [4.78, 5) is 33.0. The van der Waals surface area contributed by atoms with Crippen LogP contribution in [0.4, 0.5) is 5.69 Å². The summed E-state index contributed by atoms with van der Waals surface area (Å²) in [5.41, 5.74) is 0.725. The predicted octanol–water partition coefficient (Wildman–Crippen LogP) is 3.90. The Kier molecular flexibility index (Phi) is 7.93. The standard InChI is InChI=1S/C20H19BrN2O7/c1-3-29-18-10-14(9-17(20(25)26)22-12(2)24)8-16(21)19(18)30-11-13-5-4-6-15(7-13)23(27)28/h4-10H,3,11H2,1-2H3,(H,22,24)(H,25,26). The van der Waals surface area contributed by atoms with Crippen LogP contribution in [0.3, 0.4) is 0 Å². The highest BCUT2D eigenvalue weighted by atomic mass is 79.9. The van der Waals surface area contributed by atoms with Gasteiger partial charge < -0.3 is 19.9 Å². The van der Waals surface area contributed by atoms with Gasteiger partial charge in [0.2, 0.25) is 5.91 Å². The van der Waals surface area contributed by atoms with Gasteiger partial charge in [-0.25, -0.2) is 4.79 Å². The Balaban J connectivity index is 2.34. The van der Waals surface area contributed by atoms with E-state index in [0.29, 0.717) is 33.7 Å². The van der Waals surface area contributed by atoms with Crippen LogP contribution in [0.25, 0.3) is 6.08 Å². The zero-order chi connectivity index (χ0) is 22.3. The Morgan fingerprint density at radius 1 is 1.27 bits per heavy atom. The molecule has 2 rings (SSSR count). The van der Waals surface area contributed by atoms with Crippen LogP contribution >= 0.6 is 15.9 Å². The number of ether oxygens (including phenoxy) is 2. The largest absolute Gasteiger partial charge is 0.490 e. The lowest BCUT2D eigenvalue weighted by atomic mass is 10.1. The number of nitro groups is 1. The van der Waals surface area contributed by atoms with Crippen molar-refractivity contribution in [2.45, 2.75) is 20.5 Å². The smallest absolute Gasteiger partial charge is 0.352 e. The van der Waals surface area contributed by atoms with E-state index >= 15 is 0 Å². The number of halogens is 1. The van der Waals surface area contributed by atoms with Gasteiger partial charge in [-0.3, -0.25) is 14.9 Å². The number of rotatable bonds is 9. The maximum Gasteiger partial charge on any atom is 0.352 e. The summed E-state index contributed by atoms with van der Waals surface area (Å²) < 4.78 is 11.9. The van der Waals surface area contributed by atoms with Crippen molar-refractivity contribution in [3.8, 4) is 11.5 Å². The predicted molar refractivity (Wildman–Crippen MR) is 112 cm³/mol. The third kappa shape index (κ3) is 6.31. The second-order valence-electron chi connectivity index (χ2n) is 6.02. The average molecular weight is 479 g/mol. The maximum atomic E-state index is 11.3. The summed E-state index contributed by atoms with van der Waals surface area (Å²) in [7, 11) is 0. The molecule has 0 heterocycles. The first-order chi connectivity index (χ1) is 14.2. The SMILES string of the molecule is CCOc1cc(C=C(NC(C)=O)C(=O)O)cc(Br)c1OCc1cccc([N+](=O)[O-])c1. The Hall–Kier alpha value is -3.40. The number of carbonyl (C=O) groups excluding carboxylic acids is 1. The number of carboxylic acid groups (broad SMARTS) is 1. The van der Waals surface area contributed by atoms with Crippen molar-refractivity contribution in [3.63, 3.8) is 0 Å². The molecule has 1 amide bonds. The van der Waals surface area contributed by atoms with Gasteiger partial charge in [0.25, 0.3) is 5.69 Å². The van der Waals surface area contributed by atoms with Gasteiger partial charge in [0.1, 0.15) is 12.3 Å². The van der Waals surface area contributed by atoms with Gasteiger partial charge in [-0.15, -0.1) is 0 Å². The van der Waals surface area contributed by atoms with Crippen LogP contribution in [0.5, 0.6) is 11.5 Å². The van der Waals surface area contributed by atoms with Gasteiger partial charge in [-0.05, 0) is 52.2 Å². The van der Waals surface area contributed by atoms with Crippen LogP contribution in [-0.2, 0) is 16.2 Å². The summed E-state index contributed by atoms with van der Waals surface area (Å²) in [5.74, 6) is -1.09. The lowest BCUT2D eigenvalue weighted by Gasteiger charge is -2.15. The first kappa shape index (κ1) is 22.9. The molecule has 0 spiro atoms. The summed E-state index contributed by atoms with van der Waals surface area (Å²) in [6.45, 7) is 3.37. The van der Waals surface area contributed by atoms with E-state index in [2.05, 4.69) is 21.2 Å². The summed E-state index contributed by atoms with van der Waals surface area (Å²) in [6, 6.07) is 9.25. The molecule has 0 aliphatic carbocycles. The minimum Gasteiger partial charge on any atom is -0.490 e. The molecule has 0 aliphatic heterocycles. The van der Waals surface area contributed by atoms with Crippen LogP contribution in [0.2, 0.25) is 0 Å². The minimum absolute atomic E-state index is 0.0418. The molecule has 2 N–H and O–H groups in total. The highest BCUT2D eigenvalue weighted by molar-refractivity contribution is 9.10. The second-order valence-corrected chi connectivity index (χ2v) is 6.88. The number of benzene rings is 2. The molecule has 9 nitrogen and oxygen atoms in total. The van der Waals surface area contributed by atoms with Gasteiger partial charge in [0, 0.05) is 19.1 Å². The molecule has 0 saturated carbocycles. The fourth-order valence-electron chi connectivity index (χ4n) is 2.50. The Morgan fingerprint density at radius 2 is 2.00 bits per heavy atom. The molecule has 0 aliphatic rings. The third-order valence-electron chi connectivity index (χ3n) is 3.69. The van der Waals surface area contributed by atoms with Crippen LogP contribution in [0, 0.1) is 10.1 Å². The summed E-state index contributed by atoms with van der Waals surface area (Å²) in [6.07, 6.45) is 1.29. The topological polar surface area (TPSA) is 128 Å². The molecule has 158 valence electrons. The zero-order valence-corrected chi connectivity index (χ0v) is 17.8. The molecule has 2 aromatic rings. The molecule has 0 aromatic heterocycles. The van der Waals surface area contributed by atoms with E-state index in [0.717, 1.165) is 0 Å². The number of carboxylic acids is 1. The monoisotopic (exact) mass is 478 g/mol. The number of hydrogen-bond acceptors (Lipinski definition) is 6. The molecule has 0 radical (unpaired) electrons. The van der Waals surface area contributed by atoms with E-state index in [1.54, 1.807) is 31.2 Å². The fourth-order valence-corrected chi connectivity index (χ4v) is 3.07. The van der Waals surface area contributed by atoms with E-state index in [4.69, 9.17) is 9.47 Å². The molecule has 0 bridgehead atoms. The summed E-state index contributed by atoms with van der Waals surface area (Å²) >= 11 is 3.38. The lowest BCUT2D eigenvalue weighted by Crippen LogP contribution is -2.24. The van der Waals surface area contributed by atoms with Crippen LogP contribution in [0.15, 0.2) is 46.6 Å². The number of non-ortho nitro benzene ring substituents is 1. The van der Waals surface area contributed by atoms with E-state index < -0.39 is 16.8 Å². The number of nitro benzene ring substituents is 1. The average Bonchev–Trinajstić information content (AvgIpc) is 2.67. The first-order valence-corrected chi connectivity index (χ1v) is 9.55. The van der Waals surface area contributed by atoms with E-state index in [-0.39, 0.29) is 18.0 Å². The van der Waals surface area contributed by atoms with Crippen molar-refractivity contribution in [1.82, 2.24) is 5.32 Å². The molecule has 10 heteroatoms. The van der Waals surface area contributed by atoms with Gasteiger partial charge in [0.05, 0.1) is 16.0 Å². The molecular weight excluding hydrogens is 460 g/mol. The Morgan fingerprint density at radius 3 is 2.60 bits per heavy atom. The molecule has 30 heavy (non-hydrogen) atoms. The molecule has 0 atom stereocenters. The molecule has 0 saturated heterocycles. The van der Waals surface area contributed by atoms with Crippen molar-refractivity contribution in [2.75, 3.05) is 6.61 Å². The van der Waals surface area contributed by atoms with Crippen LogP contribution in [-0.4, -0.2) is 28.5 Å². The first-order valence-electron chi connectivity index (χ1n) is 8.76. The van der Waals surface area contributed by atoms with Gasteiger partial charge >= 0.3 is 5.97 Å². The summed E-state index contributed by atoms with van der Waals surface area (Å²) in [5, 5.41) is 22.4. The number of amides is 1. The highest BCUT2D eigenvalue weighted by Crippen LogP contribution is 2.38. The maximum absolute atomic E-state index is 11.3. The normalized spacial score (nSPS) is 11.0. The van der Waals surface area contributed by atoms with Gasteiger partial charge in [0.15, 0.2) is 11.5 Å². The van der Waals surface area contributed by atoms with Crippen molar-refractivity contribution < 1.29 is 29.1 Å². The third-order valence-corrected chi connectivity index (χ3v) is 4.28. The number of hydrogen-bond donors (Lipinski definition) is 2. The van der Waals surface area contributed by atoms with E-state index in [1.807, 2.05) is 0 Å². The van der Waals surface area contributed by atoms with Crippen molar-refractivity contribution >= 4 is 39.6 Å². The molecule has 2 aromatic carbocycles. The fraction of sp³-hybridized carbons (Fsp3) is 0.200. The molecule has 0 unspecified atom stereocenters. The Labute approximate surface area is 180 Å². The molecule has 0 fully saturated rings. The quantitative estimate of drug-likeness (QED) is 0.317. The van der Waals surface area contributed by atoms with Crippen LogP contribution < -0.4 is 14.8 Å². The van der Waals surface area contributed by atoms with E-state index in [9.17, 15) is 24.8 Å². The highest BCUT2D eigenvalue weighted by Gasteiger charge is 2.15.